The summed E-state index contributed by atoms with van der Waals surface area (Å²) >= 11 is 0. The number of rotatable bonds is 1. The van der Waals surface area contributed by atoms with E-state index < -0.39 is 0 Å². The molecule has 1 fully saturated rings. The summed E-state index contributed by atoms with van der Waals surface area (Å²) < 4.78 is 4.40. The van der Waals surface area contributed by atoms with E-state index in [1.54, 1.807) is 0 Å². The number of amides is 1. The Balaban J connectivity index is 0.000000153. The number of alkyl carbamates (subject to hydrolysis) is 1. The van der Waals surface area contributed by atoms with Crippen LogP contribution in [0.3, 0.4) is 0 Å². The molecule has 5 heteroatoms. The lowest BCUT2D eigenvalue weighted by Gasteiger charge is -2.17. The highest BCUT2D eigenvalue weighted by molar-refractivity contribution is 5.68. The summed E-state index contributed by atoms with van der Waals surface area (Å²) in [6.45, 7) is 2.14. The van der Waals surface area contributed by atoms with E-state index >= 15 is 0 Å². The molecule has 1 aromatic rings. The number of nitrogens with zero attached hydrogens (tertiary/aromatic N) is 1. The SMILES string of the molecule is C1=CNN(c2ccccc2)C1.O=C1NCCO1. The van der Waals surface area contributed by atoms with E-state index in [0.29, 0.717) is 13.2 Å². The molecule has 0 aromatic heterocycles. The first-order valence-corrected chi connectivity index (χ1v) is 5.50. The van der Waals surface area contributed by atoms with Gasteiger partial charge in [-0.15, -0.1) is 0 Å². The Kier molecular flexibility index (Phi) is 3.85. The summed E-state index contributed by atoms with van der Waals surface area (Å²) in [5.41, 5.74) is 4.33. The molecule has 0 aliphatic carbocycles. The van der Waals surface area contributed by atoms with E-state index in [-0.39, 0.29) is 6.09 Å². The molecule has 1 amide bonds. The number of anilines is 1. The van der Waals surface area contributed by atoms with E-state index in [1.807, 2.05) is 24.4 Å². The number of hydrogen-bond acceptors (Lipinski definition) is 4. The quantitative estimate of drug-likeness (QED) is 0.766. The zero-order valence-corrected chi connectivity index (χ0v) is 9.43. The van der Waals surface area contributed by atoms with Crippen LogP contribution in [0.5, 0.6) is 0 Å². The lowest BCUT2D eigenvalue weighted by Crippen LogP contribution is -2.29. The van der Waals surface area contributed by atoms with Crippen molar-refractivity contribution < 1.29 is 9.53 Å². The molecule has 5 nitrogen and oxygen atoms in total. The van der Waals surface area contributed by atoms with Crippen LogP contribution < -0.4 is 15.8 Å². The van der Waals surface area contributed by atoms with Crippen LogP contribution in [0.25, 0.3) is 0 Å². The smallest absolute Gasteiger partial charge is 0.407 e. The van der Waals surface area contributed by atoms with Crippen LogP contribution in [0.4, 0.5) is 10.5 Å². The number of hydrazine groups is 1. The Morgan fingerprint density at radius 1 is 1.24 bits per heavy atom. The number of cyclic esters (lactones) is 1. The van der Waals surface area contributed by atoms with Gasteiger partial charge in [0, 0.05) is 6.20 Å². The average molecular weight is 233 g/mol. The molecular formula is C12H15N3O2. The van der Waals surface area contributed by atoms with Crippen LogP contribution in [0.2, 0.25) is 0 Å². The van der Waals surface area contributed by atoms with Gasteiger partial charge in [0.25, 0.3) is 0 Å². The normalized spacial score (nSPS) is 16.7. The van der Waals surface area contributed by atoms with Crippen molar-refractivity contribution in [2.75, 3.05) is 24.7 Å². The van der Waals surface area contributed by atoms with Crippen LogP contribution >= 0.6 is 0 Å². The molecule has 2 heterocycles. The second kappa shape index (κ2) is 5.79. The second-order valence-corrected chi connectivity index (χ2v) is 3.54. The first-order valence-electron chi connectivity index (χ1n) is 5.50. The molecule has 90 valence electrons. The Hall–Kier alpha value is -2.17. The monoisotopic (exact) mass is 233 g/mol. The zero-order chi connectivity index (χ0) is 11.9. The molecule has 3 rings (SSSR count). The minimum Gasteiger partial charge on any atom is -0.448 e. The average Bonchev–Trinajstić information content (AvgIpc) is 3.03. The van der Waals surface area contributed by atoms with Gasteiger partial charge >= 0.3 is 6.09 Å². The van der Waals surface area contributed by atoms with E-state index in [4.69, 9.17) is 0 Å². The molecule has 0 atom stereocenters. The van der Waals surface area contributed by atoms with Crippen molar-refractivity contribution >= 4 is 11.8 Å². The number of hydrogen-bond donors (Lipinski definition) is 2. The third-order valence-electron chi connectivity index (χ3n) is 2.31. The molecular weight excluding hydrogens is 218 g/mol. The molecule has 2 aliphatic rings. The molecule has 0 radical (unpaired) electrons. The van der Waals surface area contributed by atoms with Crippen molar-refractivity contribution in [3.8, 4) is 0 Å². The number of para-hydroxylation sites is 1. The van der Waals surface area contributed by atoms with Gasteiger partial charge in [-0.3, -0.25) is 5.01 Å². The van der Waals surface area contributed by atoms with Gasteiger partial charge in [0.1, 0.15) is 6.61 Å². The maximum Gasteiger partial charge on any atom is 0.407 e. The van der Waals surface area contributed by atoms with Crippen molar-refractivity contribution in [1.29, 1.82) is 0 Å². The van der Waals surface area contributed by atoms with Gasteiger partial charge in [-0.05, 0) is 18.2 Å². The van der Waals surface area contributed by atoms with E-state index in [9.17, 15) is 4.79 Å². The Morgan fingerprint density at radius 3 is 2.53 bits per heavy atom. The summed E-state index contributed by atoms with van der Waals surface area (Å²) in [5, 5.41) is 4.54. The summed E-state index contributed by atoms with van der Waals surface area (Å²) in [6.07, 6.45) is 3.75. The fourth-order valence-corrected chi connectivity index (χ4v) is 1.49. The van der Waals surface area contributed by atoms with E-state index in [2.05, 4.69) is 38.7 Å². The van der Waals surface area contributed by atoms with E-state index in [1.165, 1.54) is 5.69 Å². The first-order chi connectivity index (χ1) is 8.36. The Bertz CT molecular complexity index is 376. The van der Waals surface area contributed by atoms with E-state index in [0.717, 1.165) is 6.54 Å². The fourth-order valence-electron chi connectivity index (χ4n) is 1.49. The van der Waals surface area contributed by atoms with Gasteiger partial charge in [-0.25, -0.2) is 4.79 Å². The van der Waals surface area contributed by atoms with Gasteiger partial charge in [0.2, 0.25) is 0 Å². The Labute approximate surface area is 100 Å². The Morgan fingerprint density at radius 2 is 2.06 bits per heavy atom. The number of ether oxygens (including phenoxy) is 1. The molecule has 0 bridgehead atoms. The highest BCUT2D eigenvalue weighted by Crippen LogP contribution is 2.12. The van der Waals surface area contributed by atoms with Gasteiger partial charge in [0.05, 0.1) is 18.8 Å². The van der Waals surface area contributed by atoms with Crippen LogP contribution in [0.1, 0.15) is 0 Å². The summed E-state index contributed by atoms with van der Waals surface area (Å²) in [7, 11) is 0. The van der Waals surface area contributed by atoms with Gasteiger partial charge in [-0.1, -0.05) is 18.2 Å². The lowest BCUT2D eigenvalue weighted by molar-refractivity contribution is 0.178. The number of nitrogens with one attached hydrogen (secondary N) is 2. The molecule has 2 N–H and O–H groups in total. The molecule has 0 spiro atoms. The molecule has 1 aromatic carbocycles. The number of carbonyl (C=O) groups is 1. The van der Waals surface area contributed by atoms with Crippen molar-refractivity contribution in [3.63, 3.8) is 0 Å². The third kappa shape index (κ3) is 3.41. The number of benzene rings is 1. The minimum absolute atomic E-state index is 0.296. The zero-order valence-electron chi connectivity index (χ0n) is 9.43. The number of carbonyl (C=O) groups excluding carboxylic acids is 1. The lowest BCUT2D eigenvalue weighted by atomic mass is 10.3. The second-order valence-electron chi connectivity index (χ2n) is 3.54. The predicted octanol–water partition coefficient (Wildman–Crippen LogP) is 1.25. The molecule has 1 saturated heterocycles. The summed E-state index contributed by atoms with van der Waals surface area (Å²) in [6, 6.07) is 10.3. The van der Waals surface area contributed by atoms with Crippen molar-refractivity contribution in [1.82, 2.24) is 10.7 Å². The van der Waals surface area contributed by atoms with Crippen LogP contribution in [0.15, 0.2) is 42.6 Å². The van der Waals surface area contributed by atoms with Crippen molar-refractivity contribution in [2.45, 2.75) is 0 Å². The van der Waals surface area contributed by atoms with Crippen LogP contribution in [-0.2, 0) is 4.74 Å². The predicted molar refractivity (Wildman–Crippen MR) is 65.4 cm³/mol. The maximum absolute atomic E-state index is 9.91. The summed E-state index contributed by atoms with van der Waals surface area (Å²) in [4.78, 5) is 9.91. The van der Waals surface area contributed by atoms with Gasteiger partial charge in [-0.2, -0.15) is 0 Å². The fraction of sp³-hybridized carbons (Fsp3) is 0.250. The molecule has 0 saturated carbocycles. The summed E-state index contributed by atoms with van der Waals surface area (Å²) in [5.74, 6) is 0. The highest BCUT2D eigenvalue weighted by atomic mass is 16.6. The molecule has 17 heavy (non-hydrogen) atoms. The maximum atomic E-state index is 9.91. The first kappa shape index (κ1) is 11.3. The van der Waals surface area contributed by atoms with Crippen molar-refractivity contribution in [2.24, 2.45) is 0 Å². The topological polar surface area (TPSA) is 53.6 Å². The van der Waals surface area contributed by atoms with Crippen LogP contribution in [0, 0.1) is 0 Å². The highest BCUT2D eigenvalue weighted by Gasteiger charge is 2.06. The van der Waals surface area contributed by atoms with Gasteiger partial charge in [0.15, 0.2) is 0 Å². The molecule has 2 aliphatic heterocycles. The minimum atomic E-state index is -0.296. The van der Waals surface area contributed by atoms with Crippen molar-refractivity contribution in [3.05, 3.63) is 42.6 Å². The third-order valence-corrected chi connectivity index (χ3v) is 2.31. The largest absolute Gasteiger partial charge is 0.448 e. The molecule has 0 unspecified atom stereocenters. The van der Waals surface area contributed by atoms with Gasteiger partial charge < -0.3 is 15.5 Å². The standard InChI is InChI=1S/C9H10N2.C3H5NO2/c1-2-5-9(6-3-1)11-8-4-7-10-11;5-3-4-1-2-6-3/h1-7,10H,8H2;1-2H2,(H,4,5). The van der Waals surface area contributed by atoms with Crippen LogP contribution in [-0.4, -0.2) is 25.8 Å².